The van der Waals surface area contributed by atoms with Gasteiger partial charge < -0.3 is 10.6 Å². The highest BCUT2D eigenvalue weighted by Crippen LogP contribution is 2.37. The van der Waals surface area contributed by atoms with E-state index in [0.29, 0.717) is 10.6 Å². The molecule has 2 aromatic carbocycles. The quantitative estimate of drug-likeness (QED) is 0.744. The summed E-state index contributed by atoms with van der Waals surface area (Å²) in [4.78, 5) is 24.7. The second kappa shape index (κ2) is 9.14. The molecule has 1 aliphatic rings. The van der Waals surface area contributed by atoms with Crippen LogP contribution in [-0.2, 0) is 9.59 Å². The maximum atomic E-state index is 14.3. The summed E-state index contributed by atoms with van der Waals surface area (Å²) < 4.78 is 14.3. The molecule has 1 aliphatic heterocycles. The lowest BCUT2D eigenvalue weighted by Gasteiger charge is -2.25. The number of nitriles is 1. The first-order chi connectivity index (χ1) is 14.3. The minimum Gasteiger partial charge on any atom is -0.325 e. The molecular weight excluding hydrogens is 401 g/mol. The van der Waals surface area contributed by atoms with Crippen LogP contribution in [0.15, 0.2) is 47.0 Å². The predicted molar refractivity (Wildman–Crippen MR) is 116 cm³/mol. The Hall–Kier alpha value is -3.11. The number of benzene rings is 2. The van der Waals surface area contributed by atoms with Crippen LogP contribution in [-0.4, -0.2) is 17.6 Å². The highest BCUT2D eigenvalue weighted by Gasteiger charge is 2.31. The second-order valence-corrected chi connectivity index (χ2v) is 8.28. The summed E-state index contributed by atoms with van der Waals surface area (Å²) in [6.45, 7) is 5.86. The van der Waals surface area contributed by atoms with Crippen LogP contribution in [0.4, 0.5) is 10.1 Å². The van der Waals surface area contributed by atoms with Gasteiger partial charge in [0.2, 0.25) is 11.8 Å². The van der Waals surface area contributed by atoms with Gasteiger partial charge in [-0.25, -0.2) is 4.39 Å². The van der Waals surface area contributed by atoms with Crippen molar-refractivity contribution < 1.29 is 14.0 Å². The Labute approximate surface area is 179 Å². The average molecular weight is 424 g/mol. The van der Waals surface area contributed by atoms with Gasteiger partial charge in [0.25, 0.3) is 0 Å². The first-order valence-corrected chi connectivity index (χ1v) is 10.5. The largest absolute Gasteiger partial charge is 0.325 e. The van der Waals surface area contributed by atoms with Crippen LogP contribution in [0, 0.1) is 37.9 Å². The lowest BCUT2D eigenvalue weighted by molar-refractivity contribution is -0.121. The first kappa shape index (κ1) is 21.6. The fourth-order valence-electron chi connectivity index (χ4n) is 3.65. The van der Waals surface area contributed by atoms with Gasteiger partial charge in [-0.05, 0) is 43.5 Å². The number of amides is 2. The molecule has 2 N–H and O–H groups in total. The number of nitrogens with zero attached hydrogens (tertiary/aromatic N) is 1. The highest BCUT2D eigenvalue weighted by atomic mass is 32.2. The number of thioether (sulfide) groups is 1. The molecule has 2 aromatic rings. The number of allylic oxidation sites excluding steroid dienone is 1. The SMILES string of the molecule is Cc1cc(C)c(NC(=O)CSC2=C(C#N)[C@H](c3ccccc3F)CC(=O)N2)c(C)c1. The molecule has 0 saturated carbocycles. The van der Waals surface area contributed by atoms with Crippen molar-refractivity contribution >= 4 is 29.3 Å². The van der Waals surface area contributed by atoms with Gasteiger partial charge in [-0.15, -0.1) is 0 Å². The number of hydrogen-bond acceptors (Lipinski definition) is 4. The van der Waals surface area contributed by atoms with Crippen molar-refractivity contribution in [3.05, 3.63) is 75.1 Å². The van der Waals surface area contributed by atoms with Crippen LogP contribution >= 0.6 is 11.8 Å². The molecule has 1 atom stereocenters. The molecule has 0 radical (unpaired) electrons. The van der Waals surface area contributed by atoms with Crippen molar-refractivity contribution in [3.63, 3.8) is 0 Å². The van der Waals surface area contributed by atoms with Gasteiger partial charge in [-0.2, -0.15) is 5.26 Å². The molecule has 0 unspecified atom stereocenters. The molecule has 0 spiro atoms. The van der Waals surface area contributed by atoms with E-state index in [-0.39, 0.29) is 29.6 Å². The minimum absolute atomic E-state index is 0.0114. The molecule has 2 amide bonds. The van der Waals surface area contributed by atoms with Crippen molar-refractivity contribution in [1.82, 2.24) is 5.32 Å². The summed E-state index contributed by atoms with van der Waals surface area (Å²) in [5.74, 6) is -1.68. The zero-order chi connectivity index (χ0) is 21.8. The van der Waals surface area contributed by atoms with Crippen LogP contribution in [0.3, 0.4) is 0 Å². The average Bonchev–Trinajstić information content (AvgIpc) is 2.69. The van der Waals surface area contributed by atoms with E-state index >= 15 is 0 Å². The van der Waals surface area contributed by atoms with E-state index < -0.39 is 11.7 Å². The van der Waals surface area contributed by atoms with Crippen molar-refractivity contribution in [1.29, 1.82) is 5.26 Å². The van der Waals surface area contributed by atoms with Gasteiger partial charge in [0.1, 0.15) is 5.82 Å². The van der Waals surface area contributed by atoms with E-state index in [0.717, 1.165) is 34.1 Å². The summed E-state index contributed by atoms with van der Waals surface area (Å²) in [6, 6.07) is 12.2. The number of rotatable bonds is 5. The van der Waals surface area contributed by atoms with E-state index in [9.17, 15) is 19.2 Å². The Morgan fingerprint density at radius 2 is 1.93 bits per heavy atom. The maximum absolute atomic E-state index is 14.3. The topological polar surface area (TPSA) is 82.0 Å². The molecule has 7 heteroatoms. The monoisotopic (exact) mass is 423 g/mol. The Morgan fingerprint density at radius 1 is 1.27 bits per heavy atom. The van der Waals surface area contributed by atoms with E-state index in [1.165, 1.54) is 6.07 Å². The van der Waals surface area contributed by atoms with Gasteiger partial charge in [-0.3, -0.25) is 9.59 Å². The number of nitrogens with one attached hydrogen (secondary N) is 2. The number of hydrogen-bond donors (Lipinski definition) is 2. The second-order valence-electron chi connectivity index (χ2n) is 7.29. The van der Waals surface area contributed by atoms with Gasteiger partial charge >= 0.3 is 0 Å². The van der Waals surface area contributed by atoms with Crippen molar-refractivity contribution in [2.24, 2.45) is 0 Å². The summed E-state index contributed by atoms with van der Waals surface area (Å²) in [5, 5.41) is 15.5. The molecule has 5 nitrogen and oxygen atoms in total. The van der Waals surface area contributed by atoms with Crippen molar-refractivity contribution in [2.75, 3.05) is 11.1 Å². The molecule has 30 heavy (non-hydrogen) atoms. The van der Waals surface area contributed by atoms with E-state index in [4.69, 9.17) is 0 Å². The first-order valence-electron chi connectivity index (χ1n) is 9.49. The van der Waals surface area contributed by atoms with Gasteiger partial charge in [0, 0.05) is 18.0 Å². The third-order valence-corrected chi connectivity index (χ3v) is 5.94. The summed E-state index contributed by atoms with van der Waals surface area (Å²) >= 11 is 1.07. The van der Waals surface area contributed by atoms with Crippen LogP contribution in [0.1, 0.15) is 34.6 Å². The molecule has 3 rings (SSSR count). The van der Waals surface area contributed by atoms with Crippen LogP contribution in [0.25, 0.3) is 0 Å². The van der Waals surface area contributed by atoms with Crippen LogP contribution in [0.2, 0.25) is 0 Å². The van der Waals surface area contributed by atoms with E-state index in [1.54, 1.807) is 18.2 Å². The number of aryl methyl sites for hydroxylation is 3. The molecule has 0 fully saturated rings. The van der Waals surface area contributed by atoms with Gasteiger partial charge in [0.05, 0.1) is 22.4 Å². The molecule has 0 saturated heterocycles. The Morgan fingerprint density at radius 3 is 2.57 bits per heavy atom. The van der Waals surface area contributed by atoms with Crippen molar-refractivity contribution in [3.8, 4) is 6.07 Å². The van der Waals surface area contributed by atoms with Gasteiger partial charge in [0.15, 0.2) is 0 Å². The zero-order valence-electron chi connectivity index (χ0n) is 17.0. The number of anilines is 1. The standard InChI is InChI=1S/C23H22FN3O2S/c1-13-8-14(2)22(15(3)9-13)26-21(29)12-30-23-18(11-25)17(10-20(28)27-23)16-6-4-5-7-19(16)24/h4-9,17H,10,12H2,1-3H3,(H,26,29)(H,27,28)/t17-/m0/s1. The van der Waals surface area contributed by atoms with Crippen LogP contribution < -0.4 is 10.6 Å². The fraction of sp³-hybridized carbons (Fsp3) is 0.261. The molecule has 0 bridgehead atoms. The lowest BCUT2D eigenvalue weighted by atomic mass is 9.87. The minimum atomic E-state index is -0.669. The smallest absolute Gasteiger partial charge is 0.234 e. The van der Waals surface area contributed by atoms with Crippen molar-refractivity contribution in [2.45, 2.75) is 33.1 Å². The molecule has 0 aromatic heterocycles. The molecule has 154 valence electrons. The van der Waals surface area contributed by atoms with Crippen LogP contribution in [0.5, 0.6) is 0 Å². The molecule has 1 heterocycles. The third-order valence-electron chi connectivity index (χ3n) is 4.93. The number of carbonyl (C=O) groups is 2. The lowest BCUT2D eigenvalue weighted by Crippen LogP contribution is -2.31. The molecular formula is C23H22FN3O2S. The van der Waals surface area contributed by atoms with E-state index in [1.807, 2.05) is 32.9 Å². The fourth-order valence-corrected chi connectivity index (χ4v) is 4.52. The molecule has 0 aliphatic carbocycles. The Kier molecular flexibility index (Phi) is 6.58. The summed E-state index contributed by atoms with van der Waals surface area (Å²) in [5.41, 5.74) is 4.38. The third kappa shape index (κ3) is 4.71. The van der Waals surface area contributed by atoms with Gasteiger partial charge in [-0.1, -0.05) is 47.7 Å². The zero-order valence-corrected chi connectivity index (χ0v) is 17.8. The Bertz CT molecular complexity index is 1070. The maximum Gasteiger partial charge on any atom is 0.234 e. The normalized spacial score (nSPS) is 16.1. The highest BCUT2D eigenvalue weighted by molar-refractivity contribution is 8.03. The number of halogens is 1. The predicted octanol–water partition coefficient (Wildman–Crippen LogP) is 4.46. The summed E-state index contributed by atoms with van der Waals surface area (Å²) in [6.07, 6.45) is -0.0121. The number of carbonyl (C=O) groups excluding carboxylic acids is 2. The summed E-state index contributed by atoms with van der Waals surface area (Å²) in [7, 11) is 0. The van der Waals surface area contributed by atoms with E-state index in [2.05, 4.69) is 16.7 Å². The Balaban J connectivity index is 1.79.